The number of aldehydes is 1. The van der Waals surface area contributed by atoms with Crippen molar-refractivity contribution in [3.05, 3.63) is 23.3 Å². The highest BCUT2D eigenvalue weighted by Crippen LogP contribution is 2.27. The fourth-order valence-electron chi connectivity index (χ4n) is 1.35. The Bertz CT molecular complexity index is 238. The summed E-state index contributed by atoms with van der Waals surface area (Å²) in [6.45, 7) is 10.7. The molecule has 0 heterocycles. The second kappa shape index (κ2) is 5.79. The molecule has 0 aromatic heterocycles. The van der Waals surface area contributed by atoms with Gasteiger partial charge in [0.05, 0.1) is 0 Å². The zero-order chi connectivity index (χ0) is 11.2. The minimum atomic E-state index is 0.201. The molecule has 0 fully saturated rings. The van der Waals surface area contributed by atoms with E-state index in [0.717, 1.165) is 24.7 Å². The van der Waals surface area contributed by atoms with E-state index in [-0.39, 0.29) is 5.41 Å². The normalized spacial score (nSPS) is 14.4. The van der Waals surface area contributed by atoms with E-state index in [1.54, 1.807) is 0 Å². The maximum atomic E-state index is 10.6. The Labute approximate surface area is 87.9 Å². The Balaban J connectivity index is 4.78. The van der Waals surface area contributed by atoms with Gasteiger partial charge in [-0.3, -0.25) is 4.79 Å². The summed E-state index contributed by atoms with van der Waals surface area (Å²) in [7, 11) is 0. The van der Waals surface area contributed by atoms with E-state index in [4.69, 9.17) is 0 Å². The molecule has 0 saturated heterocycles. The van der Waals surface area contributed by atoms with Gasteiger partial charge < -0.3 is 0 Å². The Morgan fingerprint density at radius 1 is 1.07 bits per heavy atom. The number of carbonyl (C=O) groups excluding carboxylic acids is 1. The quantitative estimate of drug-likeness (QED) is 0.377. The van der Waals surface area contributed by atoms with Crippen molar-refractivity contribution >= 4 is 6.29 Å². The fourth-order valence-corrected chi connectivity index (χ4v) is 1.35. The molecule has 1 heteroatoms. The lowest BCUT2D eigenvalue weighted by Gasteiger charge is -2.21. The van der Waals surface area contributed by atoms with Crippen LogP contribution >= 0.6 is 0 Å². The first-order valence-electron chi connectivity index (χ1n) is 5.31. The van der Waals surface area contributed by atoms with E-state index in [1.807, 2.05) is 13.0 Å². The van der Waals surface area contributed by atoms with E-state index in [2.05, 4.69) is 33.8 Å². The van der Waals surface area contributed by atoms with Crippen LogP contribution in [0, 0.1) is 5.41 Å². The van der Waals surface area contributed by atoms with Crippen LogP contribution in [-0.2, 0) is 4.79 Å². The smallest absolute Gasteiger partial charge is 0.146 e. The molecule has 0 aliphatic rings. The Kier molecular flexibility index (Phi) is 5.44. The standard InChI is InChI=1S/C13H22O/c1-6-11(10-14)8-9-12(7-2)13(3,4)5/h8-10H,6-7H2,1-5H3/b11-8+,12-9+. The zero-order valence-corrected chi connectivity index (χ0v) is 10.1. The highest BCUT2D eigenvalue weighted by molar-refractivity contribution is 5.73. The third-order valence-corrected chi connectivity index (χ3v) is 2.40. The van der Waals surface area contributed by atoms with Gasteiger partial charge in [0, 0.05) is 0 Å². The molecule has 0 radical (unpaired) electrons. The summed E-state index contributed by atoms with van der Waals surface area (Å²) in [5.74, 6) is 0. The Morgan fingerprint density at radius 3 is 1.93 bits per heavy atom. The molecule has 1 nitrogen and oxygen atoms in total. The summed E-state index contributed by atoms with van der Waals surface area (Å²) in [6, 6.07) is 0. The highest BCUT2D eigenvalue weighted by atomic mass is 16.1. The molecular formula is C13H22O. The first-order valence-corrected chi connectivity index (χ1v) is 5.31. The van der Waals surface area contributed by atoms with Crippen molar-refractivity contribution in [2.45, 2.75) is 47.5 Å². The van der Waals surface area contributed by atoms with Crippen molar-refractivity contribution in [2.24, 2.45) is 5.41 Å². The van der Waals surface area contributed by atoms with Crippen LogP contribution in [0.3, 0.4) is 0 Å². The Hall–Kier alpha value is -0.850. The zero-order valence-electron chi connectivity index (χ0n) is 10.1. The molecule has 0 aliphatic heterocycles. The van der Waals surface area contributed by atoms with Crippen molar-refractivity contribution < 1.29 is 4.79 Å². The van der Waals surface area contributed by atoms with E-state index < -0.39 is 0 Å². The summed E-state index contributed by atoms with van der Waals surface area (Å²) in [6.07, 6.45) is 6.81. The first kappa shape index (κ1) is 13.2. The van der Waals surface area contributed by atoms with Gasteiger partial charge in [0.1, 0.15) is 6.29 Å². The van der Waals surface area contributed by atoms with Crippen LogP contribution in [0.2, 0.25) is 0 Å². The molecule has 0 aromatic carbocycles. The summed E-state index contributed by atoms with van der Waals surface area (Å²) in [5, 5.41) is 0. The van der Waals surface area contributed by atoms with E-state index in [1.165, 1.54) is 5.57 Å². The van der Waals surface area contributed by atoms with Crippen LogP contribution in [0.25, 0.3) is 0 Å². The van der Waals surface area contributed by atoms with Gasteiger partial charge in [-0.05, 0) is 23.8 Å². The van der Waals surface area contributed by atoms with Gasteiger partial charge in [-0.1, -0.05) is 52.3 Å². The average molecular weight is 194 g/mol. The van der Waals surface area contributed by atoms with Gasteiger partial charge in [0.25, 0.3) is 0 Å². The summed E-state index contributed by atoms with van der Waals surface area (Å²) in [5.41, 5.74) is 2.44. The van der Waals surface area contributed by atoms with E-state index in [9.17, 15) is 4.79 Å². The van der Waals surface area contributed by atoms with E-state index in [0.29, 0.717) is 0 Å². The SMILES string of the molecule is CC/C(C=O)=C\C=C(/CC)C(C)(C)C. The van der Waals surface area contributed by atoms with Crippen LogP contribution < -0.4 is 0 Å². The lowest BCUT2D eigenvalue weighted by molar-refractivity contribution is -0.105. The third-order valence-electron chi connectivity index (χ3n) is 2.40. The molecule has 0 bridgehead atoms. The van der Waals surface area contributed by atoms with Crippen molar-refractivity contribution in [2.75, 3.05) is 0 Å². The van der Waals surface area contributed by atoms with Crippen molar-refractivity contribution in [3.63, 3.8) is 0 Å². The maximum Gasteiger partial charge on any atom is 0.146 e. The van der Waals surface area contributed by atoms with Gasteiger partial charge in [-0.25, -0.2) is 0 Å². The number of rotatable bonds is 4. The predicted octanol–water partition coefficient (Wildman–Crippen LogP) is 3.90. The molecule has 0 atom stereocenters. The van der Waals surface area contributed by atoms with Crippen LogP contribution in [0.4, 0.5) is 0 Å². The molecule has 80 valence electrons. The van der Waals surface area contributed by atoms with Crippen LogP contribution in [0.5, 0.6) is 0 Å². The van der Waals surface area contributed by atoms with Crippen LogP contribution in [-0.4, -0.2) is 6.29 Å². The number of allylic oxidation sites excluding steroid dienone is 4. The van der Waals surface area contributed by atoms with Gasteiger partial charge in [0.15, 0.2) is 0 Å². The second-order valence-corrected chi connectivity index (χ2v) is 4.51. The van der Waals surface area contributed by atoms with Gasteiger partial charge in [-0.15, -0.1) is 0 Å². The molecule has 0 unspecified atom stereocenters. The van der Waals surface area contributed by atoms with Crippen molar-refractivity contribution in [1.29, 1.82) is 0 Å². The maximum absolute atomic E-state index is 10.6. The molecule has 0 rings (SSSR count). The molecule has 0 N–H and O–H groups in total. The number of hydrogen-bond acceptors (Lipinski definition) is 1. The predicted molar refractivity (Wildman–Crippen MR) is 62.3 cm³/mol. The van der Waals surface area contributed by atoms with Crippen LogP contribution in [0.1, 0.15) is 47.5 Å². The van der Waals surface area contributed by atoms with Gasteiger partial charge in [-0.2, -0.15) is 0 Å². The molecule has 0 amide bonds. The van der Waals surface area contributed by atoms with Crippen molar-refractivity contribution in [1.82, 2.24) is 0 Å². The molecule has 0 saturated carbocycles. The molecular weight excluding hydrogens is 172 g/mol. The topological polar surface area (TPSA) is 17.1 Å². The summed E-state index contributed by atoms with van der Waals surface area (Å²) >= 11 is 0. The summed E-state index contributed by atoms with van der Waals surface area (Å²) in [4.78, 5) is 10.6. The average Bonchev–Trinajstić information content (AvgIpc) is 2.10. The fraction of sp³-hybridized carbons (Fsp3) is 0.615. The molecule has 0 aromatic rings. The lowest BCUT2D eigenvalue weighted by atomic mass is 9.84. The number of carbonyl (C=O) groups is 1. The molecule has 0 aliphatic carbocycles. The minimum Gasteiger partial charge on any atom is -0.298 e. The van der Waals surface area contributed by atoms with Crippen LogP contribution in [0.15, 0.2) is 23.3 Å². The second-order valence-electron chi connectivity index (χ2n) is 4.51. The minimum absolute atomic E-state index is 0.201. The largest absolute Gasteiger partial charge is 0.298 e. The van der Waals surface area contributed by atoms with Gasteiger partial charge in [0.2, 0.25) is 0 Å². The summed E-state index contributed by atoms with van der Waals surface area (Å²) < 4.78 is 0. The monoisotopic (exact) mass is 194 g/mol. The van der Waals surface area contributed by atoms with Gasteiger partial charge >= 0.3 is 0 Å². The molecule has 0 spiro atoms. The molecule has 14 heavy (non-hydrogen) atoms. The van der Waals surface area contributed by atoms with Crippen molar-refractivity contribution in [3.8, 4) is 0 Å². The highest BCUT2D eigenvalue weighted by Gasteiger charge is 2.13. The van der Waals surface area contributed by atoms with E-state index >= 15 is 0 Å². The Morgan fingerprint density at radius 2 is 1.64 bits per heavy atom. The first-order chi connectivity index (χ1) is 6.45. The third kappa shape index (κ3) is 4.40. The number of hydrogen-bond donors (Lipinski definition) is 0. The lowest BCUT2D eigenvalue weighted by Crippen LogP contribution is -2.08.